The van der Waals surface area contributed by atoms with Crippen LogP contribution in [-0.2, 0) is 4.74 Å². The van der Waals surface area contributed by atoms with Gasteiger partial charge in [-0.2, -0.15) is 0 Å². The van der Waals surface area contributed by atoms with E-state index in [4.69, 9.17) is 4.74 Å². The highest BCUT2D eigenvalue weighted by Gasteiger charge is 2.17. The first-order chi connectivity index (χ1) is 9.77. The third kappa shape index (κ3) is 7.10. The van der Waals surface area contributed by atoms with E-state index >= 15 is 0 Å². The molecule has 0 saturated heterocycles. The molecule has 0 aliphatic heterocycles. The van der Waals surface area contributed by atoms with Crippen LogP contribution in [0.4, 0.5) is 0 Å². The number of hydrogen-bond acceptors (Lipinski definition) is 3. The van der Waals surface area contributed by atoms with Gasteiger partial charge in [0.2, 0.25) is 0 Å². The van der Waals surface area contributed by atoms with Crippen molar-refractivity contribution in [2.45, 2.75) is 44.6 Å². The minimum atomic E-state index is 0.700. The number of nitrogens with one attached hydrogen (secondary N) is 2. The summed E-state index contributed by atoms with van der Waals surface area (Å²) < 4.78 is 5.01. The number of aliphatic imine (C=N–C) groups is 1. The van der Waals surface area contributed by atoms with Gasteiger partial charge >= 0.3 is 0 Å². The van der Waals surface area contributed by atoms with Gasteiger partial charge in [0.15, 0.2) is 5.96 Å². The fraction of sp³-hybridized carbons (Fsp3) is 0.933. The van der Waals surface area contributed by atoms with Gasteiger partial charge in [-0.05, 0) is 32.9 Å². The lowest BCUT2D eigenvalue weighted by molar-refractivity contribution is 0.190. The predicted octanol–water partition coefficient (Wildman–Crippen LogP) is 1.45. The molecule has 0 atom stereocenters. The van der Waals surface area contributed by atoms with Gasteiger partial charge in [-0.15, -0.1) is 0 Å². The topological polar surface area (TPSA) is 48.9 Å². The highest BCUT2D eigenvalue weighted by atomic mass is 16.5. The lowest BCUT2D eigenvalue weighted by atomic mass is 9.94. The minimum absolute atomic E-state index is 0.700. The molecule has 0 unspecified atom stereocenters. The Morgan fingerprint density at radius 1 is 1.20 bits per heavy atom. The summed E-state index contributed by atoms with van der Waals surface area (Å²) >= 11 is 0. The zero-order valence-electron chi connectivity index (χ0n) is 13.5. The van der Waals surface area contributed by atoms with E-state index in [1.54, 1.807) is 14.2 Å². The van der Waals surface area contributed by atoms with E-state index in [0.29, 0.717) is 6.61 Å². The van der Waals surface area contributed by atoms with Gasteiger partial charge in [0.1, 0.15) is 0 Å². The zero-order valence-corrected chi connectivity index (χ0v) is 13.5. The average Bonchev–Trinajstić information content (AvgIpc) is 2.50. The molecule has 0 radical (unpaired) electrons. The van der Waals surface area contributed by atoms with Crippen molar-refractivity contribution < 1.29 is 4.74 Å². The smallest absolute Gasteiger partial charge is 0.191 e. The molecule has 0 aromatic rings. The summed E-state index contributed by atoms with van der Waals surface area (Å²) in [4.78, 5) is 6.72. The molecule has 0 aromatic heterocycles. The Bertz CT molecular complexity index is 265. The maximum atomic E-state index is 5.01. The second-order valence-electron chi connectivity index (χ2n) is 5.54. The van der Waals surface area contributed by atoms with E-state index in [2.05, 4.69) is 27.6 Å². The molecule has 5 heteroatoms. The standard InChI is InChI=1S/C15H32N4O/c1-16-15(18-11-13-20-3)17-10-7-12-19(2)14-8-5-4-6-9-14/h14H,4-13H2,1-3H3,(H2,16,17,18). The van der Waals surface area contributed by atoms with Crippen LogP contribution in [0.2, 0.25) is 0 Å². The van der Waals surface area contributed by atoms with Crippen LogP contribution in [-0.4, -0.2) is 64.3 Å². The van der Waals surface area contributed by atoms with Crippen LogP contribution in [0.1, 0.15) is 38.5 Å². The second-order valence-corrected chi connectivity index (χ2v) is 5.54. The van der Waals surface area contributed by atoms with E-state index in [1.807, 2.05) is 0 Å². The summed E-state index contributed by atoms with van der Waals surface area (Å²) in [5.74, 6) is 0.863. The Labute approximate surface area is 124 Å². The molecular weight excluding hydrogens is 252 g/mol. The van der Waals surface area contributed by atoms with Crippen molar-refractivity contribution in [3.8, 4) is 0 Å². The fourth-order valence-electron chi connectivity index (χ4n) is 2.73. The number of rotatable bonds is 8. The van der Waals surface area contributed by atoms with Gasteiger partial charge in [-0.3, -0.25) is 4.99 Å². The van der Waals surface area contributed by atoms with Crippen LogP contribution in [0.5, 0.6) is 0 Å². The van der Waals surface area contributed by atoms with Gasteiger partial charge in [0.25, 0.3) is 0 Å². The second kappa shape index (κ2) is 10.9. The van der Waals surface area contributed by atoms with Crippen molar-refractivity contribution in [3.63, 3.8) is 0 Å². The summed E-state index contributed by atoms with van der Waals surface area (Å²) in [6.45, 7) is 3.61. The van der Waals surface area contributed by atoms with Crippen LogP contribution < -0.4 is 10.6 Å². The summed E-state index contributed by atoms with van der Waals surface area (Å²) in [7, 11) is 5.77. The summed E-state index contributed by atoms with van der Waals surface area (Å²) in [5.41, 5.74) is 0. The molecule has 1 aliphatic rings. The van der Waals surface area contributed by atoms with E-state index in [1.165, 1.54) is 32.1 Å². The molecule has 0 amide bonds. The molecule has 2 N–H and O–H groups in total. The van der Waals surface area contributed by atoms with Crippen molar-refractivity contribution in [1.82, 2.24) is 15.5 Å². The molecule has 118 valence electrons. The first-order valence-electron chi connectivity index (χ1n) is 7.91. The Balaban J connectivity index is 2.07. The molecule has 1 rings (SSSR count). The number of guanidine groups is 1. The molecular formula is C15H32N4O. The SMILES string of the molecule is CN=C(NCCCN(C)C1CCCCC1)NCCOC. The van der Waals surface area contributed by atoms with Gasteiger partial charge in [0, 0.05) is 33.3 Å². The number of ether oxygens (including phenoxy) is 1. The van der Waals surface area contributed by atoms with Crippen LogP contribution in [0.25, 0.3) is 0 Å². The summed E-state index contributed by atoms with van der Waals surface area (Å²) in [5, 5.41) is 6.57. The molecule has 5 nitrogen and oxygen atoms in total. The van der Waals surface area contributed by atoms with Crippen molar-refractivity contribution in [1.29, 1.82) is 0 Å². The van der Waals surface area contributed by atoms with Crippen molar-refractivity contribution in [2.24, 2.45) is 4.99 Å². The predicted molar refractivity (Wildman–Crippen MR) is 85.4 cm³/mol. The van der Waals surface area contributed by atoms with Gasteiger partial charge in [0.05, 0.1) is 6.61 Å². The maximum Gasteiger partial charge on any atom is 0.191 e. The van der Waals surface area contributed by atoms with Gasteiger partial charge in [-0.1, -0.05) is 19.3 Å². The molecule has 0 heterocycles. The van der Waals surface area contributed by atoms with Gasteiger partial charge < -0.3 is 20.3 Å². The van der Waals surface area contributed by atoms with Gasteiger partial charge in [-0.25, -0.2) is 0 Å². The Morgan fingerprint density at radius 2 is 1.90 bits per heavy atom. The van der Waals surface area contributed by atoms with Crippen molar-refractivity contribution in [3.05, 3.63) is 0 Å². The number of hydrogen-bond donors (Lipinski definition) is 2. The quantitative estimate of drug-likeness (QED) is 0.402. The minimum Gasteiger partial charge on any atom is -0.383 e. The molecule has 1 saturated carbocycles. The number of methoxy groups -OCH3 is 1. The largest absolute Gasteiger partial charge is 0.383 e. The Morgan fingerprint density at radius 3 is 2.55 bits per heavy atom. The third-order valence-electron chi connectivity index (χ3n) is 4.00. The first kappa shape index (κ1) is 17.2. The molecule has 0 aromatic carbocycles. The van der Waals surface area contributed by atoms with Crippen LogP contribution in [0.3, 0.4) is 0 Å². The zero-order chi connectivity index (χ0) is 14.6. The molecule has 1 aliphatic carbocycles. The first-order valence-corrected chi connectivity index (χ1v) is 7.91. The summed E-state index contributed by atoms with van der Waals surface area (Å²) in [6.07, 6.45) is 8.15. The molecule has 20 heavy (non-hydrogen) atoms. The lowest BCUT2D eigenvalue weighted by Crippen LogP contribution is -2.40. The third-order valence-corrected chi connectivity index (χ3v) is 4.00. The van der Waals surface area contributed by atoms with E-state index in [0.717, 1.165) is 38.1 Å². The van der Waals surface area contributed by atoms with E-state index < -0.39 is 0 Å². The highest BCUT2D eigenvalue weighted by molar-refractivity contribution is 5.79. The van der Waals surface area contributed by atoms with Crippen molar-refractivity contribution >= 4 is 5.96 Å². The lowest BCUT2D eigenvalue weighted by Gasteiger charge is -2.31. The molecule has 0 spiro atoms. The van der Waals surface area contributed by atoms with Crippen LogP contribution >= 0.6 is 0 Å². The van der Waals surface area contributed by atoms with Crippen LogP contribution in [0.15, 0.2) is 4.99 Å². The normalized spacial score (nSPS) is 17.5. The fourth-order valence-corrected chi connectivity index (χ4v) is 2.73. The van der Waals surface area contributed by atoms with Crippen LogP contribution in [0, 0.1) is 0 Å². The van der Waals surface area contributed by atoms with E-state index in [-0.39, 0.29) is 0 Å². The highest BCUT2D eigenvalue weighted by Crippen LogP contribution is 2.21. The monoisotopic (exact) mass is 284 g/mol. The van der Waals surface area contributed by atoms with Crippen molar-refractivity contribution in [2.75, 3.05) is 47.4 Å². The molecule has 0 bridgehead atoms. The number of nitrogens with zero attached hydrogens (tertiary/aromatic N) is 2. The average molecular weight is 284 g/mol. The molecule has 1 fully saturated rings. The summed E-state index contributed by atoms with van der Waals surface area (Å²) in [6, 6.07) is 0.808. The Hall–Kier alpha value is -0.810. The maximum absolute atomic E-state index is 5.01. The van der Waals surface area contributed by atoms with E-state index in [9.17, 15) is 0 Å². The Kier molecular flexibility index (Phi) is 9.41.